The Hall–Kier alpha value is -1.55. The quantitative estimate of drug-likeness (QED) is 0.891. The predicted molar refractivity (Wildman–Crippen MR) is 76.7 cm³/mol. The fourth-order valence-corrected chi connectivity index (χ4v) is 2.79. The molecule has 2 heterocycles. The molecule has 1 aromatic carbocycles. The van der Waals surface area contributed by atoms with E-state index >= 15 is 0 Å². The van der Waals surface area contributed by atoms with Crippen LogP contribution in [0.3, 0.4) is 0 Å². The summed E-state index contributed by atoms with van der Waals surface area (Å²) in [7, 11) is 0. The third kappa shape index (κ3) is 2.45. The van der Waals surface area contributed by atoms with Gasteiger partial charge in [0.1, 0.15) is 11.3 Å². The molecule has 102 valence electrons. The highest BCUT2D eigenvalue weighted by Gasteiger charge is 2.21. The Morgan fingerprint density at radius 2 is 2.05 bits per heavy atom. The molecule has 0 aliphatic carbocycles. The highest BCUT2D eigenvalue weighted by Crippen LogP contribution is 2.33. The highest BCUT2D eigenvalue weighted by molar-refractivity contribution is 5.87. The molecule has 0 spiro atoms. The van der Waals surface area contributed by atoms with Gasteiger partial charge >= 0.3 is 0 Å². The first-order valence-electron chi connectivity index (χ1n) is 7.10. The Morgan fingerprint density at radius 1 is 1.26 bits per heavy atom. The van der Waals surface area contributed by atoms with Gasteiger partial charge in [0.15, 0.2) is 0 Å². The zero-order valence-corrected chi connectivity index (χ0v) is 11.6. The van der Waals surface area contributed by atoms with Crippen molar-refractivity contribution in [2.24, 2.45) is 0 Å². The minimum Gasteiger partial charge on any atom is -0.489 e. The molecule has 4 nitrogen and oxygen atoms in total. The standard InChI is InChI=1S/C15H21N3O/c1-10(2)19-13-5-3-4-12-14(17-18-15(12)13)11-6-8-16-9-7-11/h3-5,10-11,16H,6-9H2,1-2H3,(H,17,18). The zero-order chi connectivity index (χ0) is 13.2. The van der Waals surface area contributed by atoms with Crippen LogP contribution < -0.4 is 10.1 Å². The van der Waals surface area contributed by atoms with E-state index in [0.29, 0.717) is 5.92 Å². The molecule has 1 aliphatic rings. The van der Waals surface area contributed by atoms with Crippen molar-refractivity contribution in [3.05, 3.63) is 23.9 Å². The van der Waals surface area contributed by atoms with E-state index in [1.807, 2.05) is 19.9 Å². The topological polar surface area (TPSA) is 49.9 Å². The lowest BCUT2D eigenvalue weighted by Crippen LogP contribution is -2.26. The second-order valence-corrected chi connectivity index (χ2v) is 5.48. The second kappa shape index (κ2) is 5.21. The minimum absolute atomic E-state index is 0.177. The Balaban J connectivity index is 1.98. The summed E-state index contributed by atoms with van der Waals surface area (Å²) in [6, 6.07) is 6.20. The molecule has 0 radical (unpaired) electrons. The molecule has 2 aromatic rings. The lowest BCUT2D eigenvalue weighted by molar-refractivity contribution is 0.245. The second-order valence-electron chi connectivity index (χ2n) is 5.48. The number of hydrogen-bond donors (Lipinski definition) is 2. The lowest BCUT2D eigenvalue weighted by Gasteiger charge is -2.21. The van der Waals surface area contributed by atoms with Crippen LogP contribution in [0.4, 0.5) is 0 Å². The van der Waals surface area contributed by atoms with E-state index in [9.17, 15) is 0 Å². The molecule has 0 amide bonds. The SMILES string of the molecule is CC(C)Oc1cccc2c(C3CCNCC3)n[nH]c12. The van der Waals surface area contributed by atoms with Gasteiger partial charge in [-0.15, -0.1) is 0 Å². The summed E-state index contributed by atoms with van der Waals surface area (Å²) < 4.78 is 5.84. The molecule has 0 saturated carbocycles. The fourth-order valence-electron chi connectivity index (χ4n) is 2.79. The first-order chi connectivity index (χ1) is 9.25. The molecular weight excluding hydrogens is 238 g/mol. The minimum atomic E-state index is 0.177. The molecule has 19 heavy (non-hydrogen) atoms. The predicted octanol–water partition coefficient (Wildman–Crippen LogP) is 2.82. The van der Waals surface area contributed by atoms with Gasteiger partial charge in [-0.25, -0.2) is 0 Å². The molecule has 1 saturated heterocycles. The van der Waals surface area contributed by atoms with Crippen molar-refractivity contribution < 1.29 is 4.74 Å². The van der Waals surface area contributed by atoms with Crippen molar-refractivity contribution >= 4 is 10.9 Å². The van der Waals surface area contributed by atoms with Crippen LogP contribution in [-0.4, -0.2) is 29.4 Å². The summed E-state index contributed by atoms with van der Waals surface area (Å²) in [5.74, 6) is 1.46. The summed E-state index contributed by atoms with van der Waals surface area (Å²) >= 11 is 0. The van der Waals surface area contributed by atoms with Crippen molar-refractivity contribution in [3.8, 4) is 5.75 Å². The Labute approximate surface area is 113 Å². The smallest absolute Gasteiger partial charge is 0.145 e. The molecule has 0 bridgehead atoms. The van der Waals surface area contributed by atoms with Crippen molar-refractivity contribution in [2.75, 3.05) is 13.1 Å². The van der Waals surface area contributed by atoms with E-state index in [1.54, 1.807) is 0 Å². The number of hydrogen-bond acceptors (Lipinski definition) is 3. The summed E-state index contributed by atoms with van der Waals surface area (Å²) in [6.07, 6.45) is 2.50. The van der Waals surface area contributed by atoms with Crippen LogP contribution in [0.1, 0.15) is 38.3 Å². The first kappa shape index (κ1) is 12.5. The van der Waals surface area contributed by atoms with Crippen LogP contribution in [0.5, 0.6) is 5.75 Å². The number of piperidine rings is 1. The average Bonchev–Trinajstić information content (AvgIpc) is 2.84. The zero-order valence-electron chi connectivity index (χ0n) is 11.6. The normalized spacial score (nSPS) is 17.2. The first-order valence-corrected chi connectivity index (χ1v) is 7.10. The van der Waals surface area contributed by atoms with Gasteiger partial charge in [-0.1, -0.05) is 12.1 Å². The number of fused-ring (bicyclic) bond motifs is 1. The number of nitrogens with one attached hydrogen (secondary N) is 2. The Morgan fingerprint density at radius 3 is 2.79 bits per heavy atom. The number of nitrogens with zero attached hydrogens (tertiary/aromatic N) is 1. The summed E-state index contributed by atoms with van der Waals surface area (Å²) in [5.41, 5.74) is 2.23. The van der Waals surface area contributed by atoms with E-state index in [-0.39, 0.29) is 6.10 Å². The molecule has 0 unspecified atom stereocenters. The van der Waals surface area contributed by atoms with E-state index < -0.39 is 0 Å². The molecule has 1 fully saturated rings. The van der Waals surface area contributed by atoms with Gasteiger partial charge in [0.25, 0.3) is 0 Å². The van der Waals surface area contributed by atoms with Gasteiger partial charge in [-0.3, -0.25) is 5.10 Å². The van der Waals surface area contributed by atoms with Crippen LogP contribution in [0.25, 0.3) is 10.9 Å². The molecule has 4 heteroatoms. The van der Waals surface area contributed by atoms with Crippen LogP contribution >= 0.6 is 0 Å². The maximum atomic E-state index is 5.84. The van der Waals surface area contributed by atoms with E-state index in [1.165, 1.54) is 11.1 Å². The van der Waals surface area contributed by atoms with Gasteiger partial charge in [0, 0.05) is 11.3 Å². The van der Waals surface area contributed by atoms with Crippen LogP contribution in [0.2, 0.25) is 0 Å². The van der Waals surface area contributed by atoms with E-state index in [0.717, 1.165) is 37.2 Å². The molecule has 1 aliphatic heterocycles. The van der Waals surface area contributed by atoms with Gasteiger partial charge in [-0.05, 0) is 45.8 Å². The van der Waals surface area contributed by atoms with E-state index in [4.69, 9.17) is 4.74 Å². The Kier molecular flexibility index (Phi) is 3.42. The fraction of sp³-hybridized carbons (Fsp3) is 0.533. The Bertz CT molecular complexity index is 556. The highest BCUT2D eigenvalue weighted by atomic mass is 16.5. The number of aromatic nitrogens is 2. The van der Waals surface area contributed by atoms with Gasteiger partial charge in [0.05, 0.1) is 11.8 Å². The van der Waals surface area contributed by atoms with Crippen molar-refractivity contribution in [1.82, 2.24) is 15.5 Å². The van der Waals surface area contributed by atoms with Gasteiger partial charge < -0.3 is 10.1 Å². The summed E-state index contributed by atoms with van der Waals surface area (Å²) in [4.78, 5) is 0. The number of benzene rings is 1. The largest absolute Gasteiger partial charge is 0.489 e. The van der Waals surface area contributed by atoms with Crippen molar-refractivity contribution in [3.63, 3.8) is 0 Å². The number of aromatic amines is 1. The number of para-hydroxylation sites is 1. The van der Waals surface area contributed by atoms with Crippen LogP contribution in [0.15, 0.2) is 18.2 Å². The van der Waals surface area contributed by atoms with E-state index in [2.05, 4.69) is 27.6 Å². The molecule has 2 N–H and O–H groups in total. The number of H-pyrrole nitrogens is 1. The van der Waals surface area contributed by atoms with Crippen LogP contribution in [0, 0.1) is 0 Å². The van der Waals surface area contributed by atoms with Gasteiger partial charge in [0.2, 0.25) is 0 Å². The molecular formula is C15H21N3O. The molecule has 0 atom stereocenters. The maximum absolute atomic E-state index is 5.84. The van der Waals surface area contributed by atoms with Crippen LogP contribution in [-0.2, 0) is 0 Å². The number of ether oxygens (including phenoxy) is 1. The van der Waals surface area contributed by atoms with Crippen molar-refractivity contribution in [2.45, 2.75) is 38.7 Å². The number of rotatable bonds is 3. The maximum Gasteiger partial charge on any atom is 0.145 e. The third-order valence-electron chi connectivity index (χ3n) is 3.68. The summed E-state index contributed by atoms with van der Waals surface area (Å²) in [5, 5.41) is 12.3. The monoisotopic (exact) mass is 259 g/mol. The molecule has 3 rings (SSSR count). The lowest BCUT2D eigenvalue weighted by atomic mass is 9.92. The van der Waals surface area contributed by atoms with Gasteiger partial charge in [-0.2, -0.15) is 5.10 Å². The average molecular weight is 259 g/mol. The molecule has 1 aromatic heterocycles. The third-order valence-corrected chi connectivity index (χ3v) is 3.68. The van der Waals surface area contributed by atoms with Crippen molar-refractivity contribution in [1.29, 1.82) is 0 Å². The summed E-state index contributed by atoms with van der Waals surface area (Å²) in [6.45, 7) is 6.26.